The molecule has 2 aromatic carbocycles. The molecule has 0 spiro atoms. The Morgan fingerprint density at radius 3 is 2.50 bits per heavy atom. The van der Waals surface area contributed by atoms with E-state index in [0.717, 1.165) is 20.2 Å². The van der Waals surface area contributed by atoms with Gasteiger partial charge in [0, 0.05) is 21.2 Å². The van der Waals surface area contributed by atoms with Crippen molar-refractivity contribution < 1.29 is 5.11 Å². The average molecular weight is 396 g/mol. The molecule has 0 aromatic heterocycles. The Bertz CT molecular complexity index is 635. The van der Waals surface area contributed by atoms with E-state index in [2.05, 4.69) is 43.2 Å². The summed E-state index contributed by atoms with van der Waals surface area (Å²) in [5.41, 5.74) is 2.28. The number of nitrogens with one attached hydrogen (secondary N) is 1. The molecule has 0 radical (unpaired) electrons. The van der Waals surface area contributed by atoms with Crippen LogP contribution >= 0.6 is 31.9 Å². The quantitative estimate of drug-likeness (QED) is 0.814. The first-order valence-corrected chi connectivity index (χ1v) is 7.56. The van der Waals surface area contributed by atoms with Crippen LogP contribution in [0.4, 0.5) is 5.69 Å². The van der Waals surface area contributed by atoms with Crippen LogP contribution in [0.2, 0.25) is 0 Å². The van der Waals surface area contributed by atoms with Crippen molar-refractivity contribution in [2.75, 3.05) is 11.9 Å². The number of benzene rings is 2. The van der Waals surface area contributed by atoms with Crippen LogP contribution in [0.1, 0.15) is 17.2 Å². The first kappa shape index (κ1) is 15.0. The summed E-state index contributed by atoms with van der Waals surface area (Å²) in [4.78, 5) is 0. The summed E-state index contributed by atoms with van der Waals surface area (Å²) in [5, 5.41) is 22.1. The van der Waals surface area contributed by atoms with Crippen molar-refractivity contribution in [2.45, 2.75) is 6.10 Å². The second kappa shape index (κ2) is 6.89. The van der Waals surface area contributed by atoms with Gasteiger partial charge in [0.15, 0.2) is 0 Å². The Morgan fingerprint density at radius 1 is 1.15 bits per heavy atom. The minimum Gasteiger partial charge on any atom is -0.387 e. The highest BCUT2D eigenvalue weighted by Gasteiger charge is 2.08. The third-order valence-corrected chi connectivity index (χ3v) is 4.02. The van der Waals surface area contributed by atoms with Crippen LogP contribution in [0.25, 0.3) is 0 Å². The Balaban J connectivity index is 2.02. The summed E-state index contributed by atoms with van der Waals surface area (Å²) in [6, 6.07) is 14.8. The highest BCUT2D eigenvalue weighted by atomic mass is 79.9. The Kier molecular flexibility index (Phi) is 5.18. The van der Waals surface area contributed by atoms with E-state index in [1.807, 2.05) is 18.2 Å². The Labute approximate surface area is 134 Å². The molecule has 0 bridgehead atoms. The van der Waals surface area contributed by atoms with E-state index in [9.17, 15) is 5.11 Å². The van der Waals surface area contributed by atoms with Crippen molar-refractivity contribution in [1.29, 1.82) is 5.26 Å². The summed E-state index contributed by atoms with van der Waals surface area (Å²) in [6.07, 6.45) is -0.631. The van der Waals surface area contributed by atoms with Crippen molar-refractivity contribution in [1.82, 2.24) is 0 Å². The number of nitriles is 1. The van der Waals surface area contributed by atoms with Gasteiger partial charge in [-0.25, -0.2) is 0 Å². The van der Waals surface area contributed by atoms with E-state index in [1.54, 1.807) is 24.3 Å². The number of aliphatic hydroxyl groups is 1. The van der Waals surface area contributed by atoms with Crippen LogP contribution in [-0.2, 0) is 0 Å². The van der Waals surface area contributed by atoms with Gasteiger partial charge in [-0.2, -0.15) is 5.26 Å². The van der Waals surface area contributed by atoms with E-state index < -0.39 is 6.10 Å². The lowest BCUT2D eigenvalue weighted by atomic mass is 10.1. The molecule has 20 heavy (non-hydrogen) atoms. The lowest BCUT2D eigenvalue weighted by molar-refractivity contribution is 0.191. The monoisotopic (exact) mass is 394 g/mol. The molecule has 0 heterocycles. The Morgan fingerprint density at radius 2 is 1.85 bits per heavy atom. The van der Waals surface area contributed by atoms with Gasteiger partial charge in [-0.05, 0) is 51.8 Å². The molecule has 2 rings (SSSR count). The molecule has 102 valence electrons. The van der Waals surface area contributed by atoms with Crippen LogP contribution in [0.3, 0.4) is 0 Å². The SMILES string of the molecule is N#Cc1ccc(C(O)CNc2cc(Br)ccc2Br)cc1. The number of halogens is 2. The van der Waals surface area contributed by atoms with Crippen molar-refractivity contribution in [3.63, 3.8) is 0 Å². The molecule has 2 aromatic rings. The van der Waals surface area contributed by atoms with Crippen molar-refractivity contribution >= 4 is 37.5 Å². The second-order valence-electron chi connectivity index (χ2n) is 4.25. The molecule has 0 fully saturated rings. The summed E-state index contributed by atoms with van der Waals surface area (Å²) in [7, 11) is 0. The molecule has 0 amide bonds. The fourth-order valence-corrected chi connectivity index (χ4v) is 2.49. The molecule has 1 atom stereocenters. The van der Waals surface area contributed by atoms with Crippen LogP contribution in [-0.4, -0.2) is 11.7 Å². The second-order valence-corrected chi connectivity index (χ2v) is 6.02. The molecule has 0 saturated carbocycles. The lowest BCUT2D eigenvalue weighted by Crippen LogP contribution is -2.12. The van der Waals surface area contributed by atoms with Gasteiger partial charge in [0.05, 0.1) is 17.7 Å². The standard InChI is InChI=1S/C15H12Br2N2O/c16-12-5-6-13(17)14(7-12)19-9-15(20)11-3-1-10(8-18)2-4-11/h1-7,15,19-20H,9H2. The topological polar surface area (TPSA) is 56.0 Å². The van der Waals surface area contributed by atoms with Gasteiger partial charge >= 0.3 is 0 Å². The van der Waals surface area contributed by atoms with Gasteiger partial charge in [0.2, 0.25) is 0 Å². The third-order valence-electron chi connectivity index (χ3n) is 2.84. The summed E-state index contributed by atoms with van der Waals surface area (Å²) < 4.78 is 1.91. The fraction of sp³-hybridized carbons (Fsp3) is 0.133. The summed E-state index contributed by atoms with van der Waals surface area (Å²) in [5.74, 6) is 0. The molecular formula is C15H12Br2N2O. The maximum Gasteiger partial charge on any atom is 0.0991 e. The minimum atomic E-state index is -0.631. The maximum absolute atomic E-state index is 10.1. The maximum atomic E-state index is 10.1. The number of hydrogen-bond donors (Lipinski definition) is 2. The van der Waals surface area contributed by atoms with Crippen molar-refractivity contribution in [3.8, 4) is 6.07 Å². The lowest BCUT2D eigenvalue weighted by Gasteiger charge is -2.14. The number of hydrogen-bond acceptors (Lipinski definition) is 3. The third kappa shape index (κ3) is 3.83. The summed E-state index contributed by atoms with van der Waals surface area (Å²) in [6.45, 7) is 0.390. The zero-order valence-corrected chi connectivity index (χ0v) is 13.6. The van der Waals surface area contributed by atoms with Crippen molar-refractivity contribution in [2.24, 2.45) is 0 Å². The molecule has 0 aliphatic heterocycles. The number of anilines is 1. The fourth-order valence-electron chi connectivity index (χ4n) is 1.74. The first-order chi connectivity index (χ1) is 9.60. The normalized spacial score (nSPS) is 11.7. The zero-order valence-electron chi connectivity index (χ0n) is 10.5. The first-order valence-electron chi connectivity index (χ1n) is 5.97. The number of aliphatic hydroxyl groups excluding tert-OH is 1. The number of rotatable bonds is 4. The van der Waals surface area contributed by atoms with Crippen LogP contribution in [0.5, 0.6) is 0 Å². The van der Waals surface area contributed by atoms with Gasteiger partial charge < -0.3 is 10.4 Å². The highest BCUT2D eigenvalue weighted by molar-refractivity contribution is 9.11. The van der Waals surface area contributed by atoms with Gasteiger partial charge in [-0.3, -0.25) is 0 Å². The van der Waals surface area contributed by atoms with Gasteiger partial charge in [-0.15, -0.1) is 0 Å². The van der Waals surface area contributed by atoms with E-state index in [4.69, 9.17) is 5.26 Å². The van der Waals surface area contributed by atoms with Crippen LogP contribution in [0, 0.1) is 11.3 Å². The smallest absolute Gasteiger partial charge is 0.0991 e. The largest absolute Gasteiger partial charge is 0.387 e. The van der Waals surface area contributed by atoms with E-state index in [0.29, 0.717) is 12.1 Å². The van der Waals surface area contributed by atoms with Crippen molar-refractivity contribution in [3.05, 3.63) is 62.5 Å². The zero-order chi connectivity index (χ0) is 14.5. The summed E-state index contributed by atoms with van der Waals surface area (Å²) >= 11 is 6.86. The highest BCUT2D eigenvalue weighted by Crippen LogP contribution is 2.26. The molecule has 0 saturated heterocycles. The predicted molar refractivity (Wildman–Crippen MR) is 86.4 cm³/mol. The van der Waals surface area contributed by atoms with Crippen LogP contribution in [0.15, 0.2) is 51.4 Å². The van der Waals surface area contributed by atoms with Gasteiger partial charge in [0.25, 0.3) is 0 Å². The van der Waals surface area contributed by atoms with Gasteiger partial charge in [0.1, 0.15) is 0 Å². The Hall–Kier alpha value is -1.35. The molecule has 1 unspecified atom stereocenters. The van der Waals surface area contributed by atoms with Gasteiger partial charge in [-0.1, -0.05) is 28.1 Å². The van der Waals surface area contributed by atoms with E-state index in [-0.39, 0.29) is 0 Å². The molecule has 2 N–H and O–H groups in total. The molecule has 0 aliphatic carbocycles. The predicted octanol–water partition coefficient (Wildman–Crippen LogP) is 4.23. The minimum absolute atomic E-state index is 0.390. The van der Waals surface area contributed by atoms with Crippen LogP contribution < -0.4 is 5.32 Å². The molecule has 3 nitrogen and oxygen atoms in total. The molecular weight excluding hydrogens is 384 g/mol. The molecule has 0 aliphatic rings. The van der Waals surface area contributed by atoms with E-state index >= 15 is 0 Å². The molecule has 5 heteroatoms. The number of nitrogens with zero attached hydrogens (tertiary/aromatic N) is 1. The average Bonchev–Trinajstić information content (AvgIpc) is 2.48. The van der Waals surface area contributed by atoms with E-state index in [1.165, 1.54) is 0 Å².